The molecule has 0 aromatic heterocycles. The van der Waals surface area contributed by atoms with Gasteiger partial charge >= 0.3 is 0 Å². The molecule has 0 aliphatic carbocycles. The summed E-state index contributed by atoms with van der Waals surface area (Å²) in [5, 5.41) is 6.38. The summed E-state index contributed by atoms with van der Waals surface area (Å²) in [5.41, 5.74) is 1.74. The molecule has 2 aromatic rings. The van der Waals surface area contributed by atoms with Crippen LogP contribution in [0.1, 0.15) is 0 Å². The average Bonchev–Trinajstić information content (AvgIpc) is 3.27. The van der Waals surface area contributed by atoms with Crippen molar-refractivity contribution in [3.05, 3.63) is 48.5 Å². The molecular formula is C20H18N4O3S4. The van der Waals surface area contributed by atoms with E-state index in [1.807, 2.05) is 48.5 Å². The Morgan fingerprint density at radius 2 is 1.13 bits per heavy atom. The second kappa shape index (κ2) is 9.86. The molecule has 4 rings (SSSR count). The summed E-state index contributed by atoms with van der Waals surface area (Å²) in [6, 6.07) is 14.9. The molecule has 0 bridgehead atoms. The van der Waals surface area contributed by atoms with Gasteiger partial charge in [-0.1, -0.05) is 48.0 Å². The highest BCUT2D eigenvalue weighted by molar-refractivity contribution is 8.24. The molecule has 2 aliphatic rings. The molecule has 160 valence electrons. The molecule has 2 amide bonds. The second-order valence-corrected chi connectivity index (χ2v) is 9.79. The van der Waals surface area contributed by atoms with E-state index in [0.717, 1.165) is 11.4 Å². The summed E-state index contributed by atoms with van der Waals surface area (Å²) >= 11 is 13.1. The highest BCUT2D eigenvalue weighted by Crippen LogP contribution is 2.25. The predicted molar refractivity (Wildman–Crippen MR) is 134 cm³/mol. The van der Waals surface area contributed by atoms with Crippen molar-refractivity contribution in [3.8, 4) is 11.5 Å². The lowest BCUT2D eigenvalue weighted by Crippen LogP contribution is -2.33. The number of benzene rings is 2. The monoisotopic (exact) mass is 490 g/mol. The lowest BCUT2D eigenvalue weighted by Gasteiger charge is -2.17. The predicted octanol–water partition coefficient (Wildman–Crippen LogP) is 3.94. The van der Waals surface area contributed by atoms with Gasteiger partial charge in [0.15, 0.2) is 0 Å². The molecule has 2 saturated heterocycles. The number of anilines is 2. The van der Waals surface area contributed by atoms with Crippen LogP contribution in [-0.2, 0) is 9.59 Å². The fraction of sp³-hybridized carbons (Fsp3) is 0.200. The van der Waals surface area contributed by atoms with Crippen LogP contribution >= 0.6 is 48.0 Å². The number of amides is 2. The maximum absolute atomic E-state index is 11.8. The number of nitrogens with one attached hydrogen (secondary N) is 2. The molecule has 7 nitrogen and oxygen atoms in total. The normalized spacial score (nSPS) is 16.3. The highest BCUT2D eigenvalue weighted by atomic mass is 32.2. The van der Waals surface area contributed by atoms with E-state index in [-0.39, 0.29) is 11.8 Å². The van der Waals surface area contributed by atoms with Crippen LogP contribution in [0.15, 0.2) is 48.5 Å². The number of carbonyl (C=O) groups excluding carboxylic acids is 2. The molecule has 0 spiro atoms. The topological polar surface area (TPSA) is 73.9 Å². The first-order chi connectivity index (χ1) is 15.0. The smallest absolute Gasteiger partial charge is 0.239 e. The number of nitrogens with zero attached hydrogens (tertiary/aromatic N) is 2. The fourth-order valence-electron chi connectivity index (χ4n) is 2.83. The molecule has 2 aliphatic heterocycles. The summed E-state index contributed by atoms with van der Waals surface area (Å²) in [6.07, 6.45) is 0. The first kappa shape index (κ1) is 21.9. The maximum atomic E-state index is 11.8. The summed E-state index contributed by atoms with van der Waals surface area (Å²) in [4.78, 5) is 26.6. The summed E-state index contributed by atoms with van der Waals surface area (Å²) in [5.74, 6) is 2.25. The van der Waals surface area contributed by atoms with Crippen molar-refractivity contribution < 1.29 is 14.3 Å². The van der Waals surface area contributed by atoms with E-state index in [1.54, 1.807) is 9.80 Å². The maximum Gasteiger partial charge on any atom is 0.239 e. The number of hydrogen-bond acceptors (Lipinski definition) is 9. The minimum atomic E-state index is 0.0222. The Balaban J connectivity index is 1.27. The molecule has 0 unspecified atom stereocenters. The Bertz CT molecular complexity index is 901. The van der Waals surface area contributed by atoms with Crippen molar-refractivity contribution in [1.29, 1.82) is 0 Å². The van der Waals surface area contributed by atoms with Crippen LogP contribution in [-0.4, -0.2) is 55.1 Å². The van der Waals surface area contributed by atoms with Gasteiger partial charge in [-0.05, 0) is 48.5 Å². The largest absolute Gasteiger partial charge is 0.457 e. The van der Waals surface area contributed by atoms with Crippen molar-refractivity contribution in [1.82, 2.24) is 9.80 Å². The lowest BCUT2D eigenvalue weighted by molar-refractivity contribution is -0.124. The van der Waals surface area contributed by atoms with E-state index in [2.05, 4.69) is 10.6 Å². The third-order valence-electron chi connectivity index (χ3n) is 4.51. The highest BCUT2D eigenvalue weighted by Gasteiger charge is 2.26. The first-order valence-corrected chi connectivity index (χ1v) is 12.1. The second-order valence-electron chi connectivity index (χ2n) is 6.57. The van der Waals surface area contributed by atoms with E-state index in [9.17, 15) is 9.59 Å². The number of carbonyl (C=O) groups is 2. The van der Waals surface area contributed by atoms with Crippen LogP contribution in [0, 0.1) is 0 Å². The van der Waals surface area contributed by atoms with E-state index < -0.39 is 0 Å². The fourth-order valence-corrected chi connectivity index (χ4v) is 4.96. The Labute approximate surface area is 198 Å². The molecule has 0 atom stereocenters. The van der Waals surface area contributed by atoms with Gasteiger partial charge in [0.2, 0.25) is 11.8 Å². The molecule has 2 fully saturated rings. The van der Waals surface area contributed by atoms with Gasteiger partial charge in [0.1, 0.15) is 20.1 Å². The number of ether oxygens (including phenoxy) is 1. The van der Waals surface area contributed by atoms with Gasteiger partial charge in [-0.3, -0.25) is 19.4 Å². The van der Waals surface area contributed by atoms with Gasteiger partial charge in [-0.2, -0.15) is 0 Å². The minimum absolute atomic E-state index is 0.0222. The summed E-state index contributed by atoms with van der Waals surface area (Å²) in [7, 11) is 0. The standard InChI is InChI=1S/C20H18N4O3S4/c25-17-9-30-19(28)23(17)11-21-13-1-5-15(6-2-13)27-16-7-3-14(4-8-16)22-12-24-18(26)10-31-20(24)29/h1-8,21-22H,9-12H2. The summed E-state index contributed by atoms with van der Waals surface area (Å²) < 4.78 is 7.08. The average molecular weight is 491 g/mol. The van der Waals surface area contributed by atoms with E-state index in [1.165, 1.54) is 23.5 Å². The zero-order valence-corrected chi connectivity index (χ0v) is 19.5. The van der Waals surface area contributed by atoms with Crippen molar-refractivity contribution in [3.63, 3.8) is 0 Å². The van der Waals surface area contributed by atoms with E-state index in [0.29, 0.717) is 45.0 Å². The van der Waals surface area contributed by atoms with Gasteiger partial charge < -0.3 is 15.4 Å². The zero-order chi connectivity index (χ0) is 21.8. The van der Waals surface area contributed by atoms with Gasteiger partial charge in [-0.25, -0.2) is 0 Å². The molecular weight excluding hydrogens is 473 g/mol. The SMILES string of the molecule is O=C1CSC(=S)N1CNc1ccc(Oc2ccc(NCN3C(=O)CSC3=S)cc2)cc1. The quantitative estimate of drug-likeness (QED) is 0.535. The van der Waals surface area contributed by atoms with Crippen molar-refractivity contribution in [2.45, 2.75) is 0 Å². The third-order valence-corrected chi connectivity index (χ3v) is 7.37. The van der Waals surface area contributed by atoms with Gasteiger partial charge in [0.05, 0.1) is 24.8 Å². The van der Waals surface area contributed by atoms with Crippen LogP contribution in [0.2, 0.25) is 0 Å². The van der Waals surface area contributed by atoms with Crippen LogP contribution in [0.25, 0.3) is 0 Å². The Kier molecular flexibility index (Phi) is 6.96. The molecule has 2 aromatic carbocycles. The van der Waals surface area contributed by atoms with Gasteiger partial charge in [0, 0.05) is 11.4 Å². The molecule has 0 radical (unpaired) electrons. The van der Waals surface area contributed by atoms with Crippen LogP contribution in [0.4, 0.5) is 11.4 Å². The number of thiocarbonyl (C=S) groups is 2. The van der Waals surface area contributed by atoms with Gasteiger partial charge in [0.25, 0.3) is 0 Å². The Morgan fingerprint density at radius 1 is 0.742 bits per heavy atom. The first-order valence-electron chi connectivity index (χ1n) is 9.29. The molecule has 0 saturated carbocycles. The number of thioether (sulfide) groups is 2. The van der Waals surface area contributed by atoms with Gasteiger partial charge in [-0.15, -0.1) is 0 Å². The Hall–Kier alpha value is -2.34. The lowest BCUT2D eigenvalue weighted by atomic mass is 10.3. The molecule has 2 heterocycles. The number of hydrogen-bond donors (Lipinski definition) is 2. The Morgan fingerprint density at radius 3 is 1.45 bits per heavy atom. The van der Waals surface area contributed by atoms with Crippen LogP contribution < -0.4 is 15.4 Å². The zero-order valence-electron chi connectivity index (χ0n) is 16.2. The van der Waals surface area contributed by atoms with Crippen LogP contribution in [0.5, 0.6) is 11.5 Å². The van der Waals surface area contributed by atoms with Crippen molar-refractivity contribution >= 4 is 79.8 Å². The molecule has 31 heavy (non-hydrogen) atoms. The van der Waals surface area contributed by atoms with Crippen molar-refractivity contribution in [2.24, 2.45) is 0 Å². The minimum Gasteiger partial charge on any atom is -0.457 e. The molecule has 11 heteroatoms. The summed E-state index contributed by atoms with van der Waals surface area (Å²) in [6.45, 7) is 0.706. The number of rotatable bonds is 8. The van der Waals surface area contributed by atoms with Crippen molar-refractivity contribution in [2.75, 3.05) is 35.5 Å². The van der Waals surface area contributed by atoms with E-state index in [4.69, 9.17) is 29.2 Å². The third kappa shape index (κ3) is 5.48. The van der Waals surface area contributed by atoms with E-state index >= 15 is 0 Å². The molecule has 2 N–H and O–H groups in total. The van der Waals surface area contributed by atoms with Crippen LogP contribution in [0.3, 0.4) is 0 Å².